The average Bonchev–Trinajstić information content (AvgIpc) is 2.85. The third-order valence-electron chi connectivity index (χ3n) is 3.80. The Labute approximate surface area is 127 Å². The molecule has 0 amide bonds. The zero-order valence-electron chi connectivity index (χ0n) is 12.5. The number of rotatable bonds is 3. The predicted octanol–water partition coefficient (Wildman–Crippen LogP) is 4.02. The molecule has 0 atom stereocenters. The van der Waals surface area contributed by atoms with Gasteiger partial charge in [-0.2, -0.15) is 0 Å². The van der Waals surface area contributed by atoms with Gasteiger partial charge in [-0.15, -0.1) is 11.3 Å². The number of hydrogen-bond acceptors (Lipinski definition) is 3. The molecule has 0 fully saturated rings. The van der Waals surface area contributed by atoms with Crippen molar-refractivity contribution in [1.82, 2.24) is 9.55 Å². The van der Waals surface area contributed by atoms with E-state index in [-0.39, 0.29) is 5.56 Å². The lowest BCUT2D eigenvalue weighted by atomic mass is 10.1. The van der Waals surface area contributed by atoms with Crippen molar-refractivity contribution in [3.05, 3.63) is 52.1 Å². The molecule has 3 rings (SSSR count). The molecule has 2 aromatic heterocycles. The van der Waals surface area contributed by atoms with Crippen LogP contribution >= 0.6 is 11.3 Å². The summed E-state index contributed by atoms with van der Waals surface area (Å²) in [6, 6.07) is 10.2. The minimum Gasteiger partial charge on any atom is -0.296 e. The van der Waals surface area contributed by atoms with Crippen LogP contribution in [-0.2, 0) is 13.0 Å². The highest BCUT2D eigenvalue weighted by Crippen LogP contribution is 2.35. The van der Waals surface area contributed by atoms with Crippen LogP contribution in [0.3, 0.4) is 0 Å². The van der Waals surface area contributed by atoms with Crippen LogP contribution in [0.1, 0.15) is 25.2 Å². The van der Waals surface area contributed by atoms with Crippen LogP contribution in [0.25, 0.3) is 20.7 Å². The first-order chi connectivity index (χ1) is 10.2. The van der Waals surface area contributed by atoms with Crippen LogP contribution in [0.2, 0.25) is 0 Å². The molecule has 0 saturated heterocycles. The Bertz CT molecular complexity index is 847. The molecule has 108 valence electrons. The van der Waals surface area contributed by atoms with E-state index in [2.05, 4.69) is 12.1 Å². The highest BCUT2D eigenvalue weighted by molar-refractivity contribution is 7.22. The highest BCUT2D eigenvalue weighted by Gasteiger charge is 2.17. The largest absolute Gasteiger partial charge is 0.296 e. The third-order valence-corrected chi connectivity index (χ3v) is 5.03. The molecule has 0 saturated carbocycles. The van der Waals surface area contributed by atoms with Crippen LogP contribution in [0.4, 0.5) is 0 Å². The Kier molecular flexibility index (Phi) is 3.64. The van der Waals surface area contributed by atoms with Gasteiger partial charge in [-0.3, -0.25) is 9.36 Å². The molecule has 0 radical (unpaired) electrons. The van der Waals surface area contributed by atoms with Gasteiger partial charge in [0.15, 0.2) is 0 Å². The van der Waals surface area contributed by atoms with Crippen molar-refractivity contribution < 1.29 is 0 Å². The molecule has 4 heteroatoms. The second kappa shape index (κ2) is 5.45. The van der Waals surface area contributed by atoms with Gasteiger partial charge >= 0.3 is 0 Å². The number of aryl methyl sites for hydroxylation is 2. The van der Waals surface area contributed by atoms with E-state index in [0.29, 0.717) is 6.54 Å². The molecular weight excluding hydrogens is 280 g/mol. The van der Waals surface area contributed by atoms with Crippen LogP contribution < -0.4 is 5.56 Å². The van der Waals surface area contributed by atoms with E-state index in [1.807, 2.05) is 39.0 Å². The first kappa shape index (κ1) is 14.0. The van der Waals surface area contributed by atoms with Crippen molar-refractivity contribution in [2.24, 2.45) is 0 Å². The van der Waals surface area contributed by atoms with E-state index in [4.69, 9.17) is 4.98 Å². The Morgan fingerprint density at radius 2 is 1.90 bits per heavy atom. The zero-order chi connectivity index (χ0) is 15.0. The van der Waals surface area contributed by atoms with E-state index >= 15 is 0 Å². The second-order valence-corrected chi connectivity index (χ2v) is 6.03. The van der Waals surface area contributed by atoms with Crippen molar-refractivity contribution in [2.45, 2.75) is 33.7 Å². The minimum absolute atomic E-state index is 0.0929. The summed E-state index contributed by atoms with van der Waals surface area (Å²) in [6.07, 6.45) is 0.774. The van der Waals surface area contributed by atoms with E-state index < -0.39 is 0 Å². The maximum Gasteiger partial charge on any atom is 0.262 e. The quantitative estimate of drug-likeness (QED) is 0.732. The summed E-state index contributed by atoms with van der Waals surface area (Å²) >= 11 is 1.62. The number of fused-ring (bicyclic) bond motifs is 1. The molecule has 1 aromatic carbocycles. The SMILES string of the molecule is CCc1nc2sc(-c3ccccc3)c(C)c2c(=O)n1CC. The Hall–Kier alpha value is -1.94. The summed E-state index contributed by atoms with van der Waals surface area (Å²) in [4.78, 5) is 19.5. The Balaban J connectivity index is 2.35. The number of benzene rings is 1. The van der Waals surface area contributed by atoms with E-state index in [1.165, 1.54) is 0 Å². The predicted molar refractivity (Wildman–Crippen MR) is 89.1 cm³/mol. The molecule has 3 nitrogen and oxygen atoms in total. The molecule has 0 aliphatic rings. The maximum atomic E-state index is 12.7. The molecule has 0 bridgehead atoms. The molecule has 0 unspecified atom stereocenters. The monoisotopic (exact) mass is 298 g/mol. The fraction of sp³-hybridized carbons (Fsp3) is 0.294. The lowest BCUT2D eigenvalue weighted by Crippen LogP contribution is -2.24. The normalized spacial score (nSPS) is 11.2. The van der Waals surface area contributed by atoms with Crippen LogP contribution in [0.5, 0.6) is 0 Å². The summed E-state index contributed by atoms with van der Waals surface area (Å²) in [6.45, 7) is 6.73. The fourth-order valence-electron chi connectivity index (χ4n) is 2.72. The van der Waals surface area contributed by atoms with Crippen molar-refractivity contribution in [3.8, 4) is 10.4 Å². The molecule has 0 spiro atoms. The van der Waals surface area contributed by atoms with Crippen molar-refractivity contribution >= 4 is 21.6 Å². The van der Waals surface area contributed by atoms with Crippen molar-refractivity contribution in [1.29, 1.82) is 0 Å². The Morgan fingerprint density at radius 3 is 2.52 bits per heavy atom. The van der Waals surface area contributed by atoms with Gasteiger partial charge in [-0.05, 0) is 25.0 Å². The summed E-state index contributed by atoms with van der Waals surface area (Å²) in [5.74, 6) is 0.871. The summed E-state index contributed by atoms with van der Waals surface area (Å²) < 4.78 is 1.79. The molecule has 0 aliphatic carbocycles. The first-order valence-corrected chi connectivity index (χ1v) is 8.07. The molecule has 3 aromatic rings. The van der Waals surface area contributed by atoms with E-state index in [1.54, 1.807) is 15.9 Å². The Morgan fingerprint density at radius 1 is 1.19 bits per heavy atom. The van der Waals surface area contributed by atoms with Gasteiger partial charge in [-0.1, -0.05) is 37.3 Å². The van der Waals surface area contributed by atoms with E-state index in [9.17, 15) is 4.79 Å². The van der Waals surface area contributed by atoms with Gasteiger partial charge in [0, 0.05) is 17.8 Å². The summed E-state index contributed by atoms with van der Waals surface area (Å²) in [5.41, 5.74) is 2.29. The minimum atomic E-state index is 0.0929. The molecular formula is C17H18N2OS. The second-order valence-electron chi connectivity index (χ2n) is 5.03. The maximum absolute atomic E-state index is 12.7. The van der Waals surface area contributed by atoms with Crippen molar-refractivity contribution in [3.63, 3.8) is 0 Å². The highest BCUT2D eigenvalue weighted by atomic mass is 32.1. The molecule has 0 N–H and O–H groups in total. The van der Waals surface area contributed by atoms with Crippen LogP contribution in [-0.4, -0.2) is 9.55 Å². The van der Waals surface area contributed by atoms with Crippen molar-refractivity contribution in [2.75, 3.05) is 0 Å². The fourth-order valence-corrected chi connectivity index (χ4v) is 3.92. The first-order valence-electron chi connectivity index (χ1n) is 7.25. The van der Waals surface area contributed by atoms with Gasteiger partial charge in [-0.25, -0.2) is 4.98 Å². The topological polar surface area (TPSA) is 34.9 Å². The number of hydrogen-bond donors (Lipinski definition) is 0. The molecule has 0 aliphatic heterocycles. The smallest absolute Gasteiger partial charge is 0.262 e. The lowest BCUT2D eigenvalue weighted by Gasteiger charge is -2.08. The number of nitrogens with zero attached hydrogens (tertiary/aromatic N) is 2. The average molecular weight is 298 g/mol. The molecule has 2 heterocycles. The summed E-state index contributed by atoms with van der Waals surface area (Å²) in [7, 11) is 0. The van der Waals surface area contributed by atoms with Gasteiger partial charge in [0.1, 0.15) is 10.7 Å². The van der Waals surface area contributed by atoms with E-state index in [0.717, 1.165) is 38.5 Å². The number of aromatic nitrogens is 2. The van der Waals surface area contributed by atoms with Gasteiger partial charge in [0.25, 0.3) is 5.56 Å². The zero-order valence-corrected chi connectivity index (χ0v) is 13.3. The lowest BCUT2D eigenvalue weighted by molar-refractivity contribution is 0.663. The standard InChI is InChI=1S/C17H18N2OS/c1-4-13-18-16-14(17(20)19(13)5-2)11(3)15(21-16)12-9-7-6-8-10-12/h6-10H,4-5H2,1-3H3. The summed E-state index contributed by atoms with van der Waals surface area (Å²) in [5, 5.41) is 0.776. The molecule has 21 heavy (non-hydrogen) atoms. The third kappa shape index (κ3) is 2.20. The van der Waals surface area contributed by atoms with Gasteiger partial charge in [0.2, 0.25) is 0 Å². The van der Waals surface area contributed by atoms with Gasteiger partial charge in [0.05, 0.1) is 5.39 Å². The van der Waals surface area contributed by atoms with Crippen LogP contribution in [0, 0.1) is 6.92 Å². The van der Waals surface area contributed by atoms with Gasteiger partial charge < -0.3 is 0 Å². The number of thiophene rings is 1. The van der Waals surface area contributed by atoms with Crippen LogP contribution in [0.15, 0.2) is 35.1 Å².